The topological polar surface area (TPSA) is 29.1 Å². The molecule has 0 saturated carbocycles. The molecule has 0 aromatic heterocycles. The molecule has 1 aromatic rings. The number of Topliss-reactive ketones (excluding diaryl/α,β-unsaturated/α-hetero) is 1. The minimum atomic E-state index is -0.0000813. The zero-order valence-corrected chi connectivity index (χ0v) is 11.8. The lowest BCUT2D eigenvalue weighted by Gasteiger charge is -2.26. The van der Waals surface area contributed by atoms with Gasteiger partial charge in [-0.25, -0.2) is 0 Å². The molecule has 1 atom stereocenters. The van der Waals surface area contributed by atoms with Crippen molar-refractivity contribution >= 4 is 5.78 Å². The standard InChI is InChI=1S/C16H23NO/c1-10(2)13-6-5-12-7-8-15(17-11(3)4)16(18)14(12)9-13/h5-6,9-11,15,17H,7-8H2,1-4H3. The second-order valence-corrected chi connectivity index (χ2v) is 5.85. The third kappa shape index (κ3) is 2.64. The van der Waals surface area contributed by atoms with Crippen LogP contribution in [0.2, 0.25) is 0 Å². The van der Waals surface area contributed by atoms with Gasteiger partial charge in [-0.15, -0.1) is 0 Å². The minimum Gasteiger partial charge on any atom is -0.305 e. The molecule has 2 heteroatoms. The lowest BCUT2D eigenvalue weighted by Crippen LogP contribution is -2.43. The molecule has 1 N–H and O–H groups in total. The number of carbonyl (C=O) groups is 1. The maximum atomic E-state index is 12.5. The van der Waals surface area contributed by atoms with Crippen molar-refractivity contribution in [3.63, 3.8) is 0 Å². The summed E-state index contributed by atoms with van der Waals surface area (Å²) in [7, 11) is 0. The molecule has 0 aliphatic heterocycles. The van der Waals surface area contributed by atoms with Crippen LogP contribution < -0.4 is 5.32 Å². The Kier molecular flexibility index (Phi) is 3.86. The highest BCUT2D eigenvalue weighted by Crippen LogP contribution is 2.25. The average Bonchev–Trinajstić information content (AvgIpc) is 2.32. The van der Waals surface area contributed by atoms with Gasteiger partial charge in [0.2, 0.25) is 0 Å². The summed E-state index contributed by atoms with van der Waals surface area (Å²) in [6.45, 7) is 8.51. The fourth-order valence-electron chi connectivity index (χ4n) is 2.58. The molecule has 0 amide bonds. The molecule has 1 unspecified atom stereocenters. The van der Waals surface area contributed by atoms with Crippen molar-refractivity contribution < 1.29 is 4.79 Å². The first-order valence-corrected chi connectivity index (χ1v) is 6.92. The Bertz CT molecular complexity index is 448. The lowest BCUT2D eigenvalue weighted by molar-refractivity contribution is 0.0922. The average molecular weight is 245 g/mol. The summed E-state index contributed by atoms with van der Waals surface area (Å²) in [5.41, 5.74) is 3.41. The molecule has 98 valence electrons. The second kappa shape index (κ2) is 5.23. The third-order valence-electron chi connectivity index (χ3n) is 3.62. The molecule has 0 bridgehead atoms. The molecular formula is C16H23NO. The Labute approximate surface area is 110 Å². The Hall–Kier alpha value is -1.15. The van der Waals surface area contributed by atoms with Crippen molar-refractivity contribution in [2.45, 2.75) is 58.5 Å². The summed E-state index contributed by atoms with van der Waals surface area (Å²) in [6, 6.07) is 6.74. The van der Waals surface area contributed by atoms with E-state index in [4.69, 9.17) is 0 Å². The maximum absolute atomic E-state index is 12.5. The van der Waals surface area contributed by atoms with Crippen LogP contribution in [0.25, 0.3) is 0 Å². The van der Waals surface area contributed by atoms with Crippen molar-refractivity contribution in [3.8, 4) is 0 Å². The number of ketones is 1. The highest BCUT2D eigenvalue weighted by atomic mass is 16.1. The molecule has 2 nitrogen and oxygen atoms in total. The Morgan fingerprint density at radius 2 is 1.94 bits per heavy atom. The van der Waals surface area contributed by atoms with E-state index in [1.165, 1.54) is 11.1 Å². The number of nitrogens with one attached hydrogen (secondary N) is 1. The van der Waals surface area contributed by atoms with Gasteiger partial charge in [-0.05, 0) is 36.0 Å². The number of aryl methyl sites for hydroxylation is 1. The fraction of sp³-hybridized carbons (Fsp3) is 0.562. The van der Waals surface area contributed by atoms with E-state index in [1.54, 1.807) is 0 Å². The van der Waals surface area contributed by atoms with Gasteiger partial charge in [0.15, 0.2) is 5.78 Å². The first-order chi connectivity index (χ1) is 8.49. The summed E-state index contributed by atoms with van der Waals surface area (Å²) in [5, 5.41) is 3.37. The van der Waals surface area contributed by atoms with E-state index >= 15 is 0 Å². The predicted octanol–water partition coefficient (Wildman–Crippen LogP) is 3.31. The summed E-state index contributed by atoms with van der Waals surface area (Å²) < 4.78 is 0. The third-order valence-corrected chi connectivity index (χ3v) is 3.62. The lowest BCUT2D eigenvalue weighted by atomic mass is 9.84. The number of hydrogen-bond donors (Lipinski definition) is 1. The van der Waals surface area contributed by atoms with Crippen molar-refractivity contribution in [1.82, 2.24) is 5.32 Å². The largest absolute Gasteiger partial charge is 0.305 e. The number of carbonyl (C=O) groups excluding carboxylic acids is 1. The van der Waals surface area contributed by atoms with Crippen molar-refractivity contribution in [2.24, 2.45) is 0 Å². The maximum Gasteiger partial charge on any atom is 0.180 e. The molecule has 1 aromatic carbocycles. The van der Waals surface area contributed by atoms with Gasteiger partial charge in [-0.2, -0.15) is 0 Å². The first-order valence-electron chi connectivity index (χ1n) is 6.92. The number of rotatable bonds is 3. The Morgan fingerprint density at radius 1 is 1.22 bits per heavy atom. The van der Waals surface area contributed by atoms with E-state index in [0.717, 1.165) is 18.4 Å². The van der Waals surface area contributed by atoms with E-state index < -0.39 is 0 Å². The van der Waals surface area contributed by atoms with Gasteiger partial charge in [0, 0.05) is 11.6 Å². The molecule has 0 radical (unpaired) electrons. The molecule has 0 heterocycles. The summed E-state index contributed by atoms with van der Waals surface area (Å²) in [4.78, 5) is 12.5. The predicted molar refractivity (Wildman–Crippen MR) is 75.2 cm³/mol. The van der Waals surface area contributed by atoms with Crippen molar-refractivity contribution in [3.05, 3.63) is 34.9 Å². The summed E-state index contributed by atoms with van der Waals surface area (Å²) in [6.07, 6.45) is 1.93. The van der Waals surface area contributed by atoms with E-state index in [-0.39, 0.29) is 11.8 Å². The first kappa shape index (κ1) is 13.3. The van der Waals surface area contributed by atoms with Crippen LogP contribution in [0.15, 0.2) is 18.2 Å². The fourth-order valence-corrected chi connectivity index (χ4v) is 2.58. The van der Waals surface area contributed by atoms with Gasteiger partial charge in [0.1, 0.15) is 0 Å². The van der Waals surface area contributed by atoms with Crippen LogP contribution in [-0.2, 0) is 6.42 Å². The number of fused-ring (bicyclic) bond motifs is 1. The molecule has 0 spiro atoms. The van der Waals surface area contributed by atoms with Crippen LogP contribution in [0.1, 0.15) is 61.5 Å². The summed E-state index contributed by atoms with van der Waals surface area (Å²) in [5.74, 6) is 0.744. The van der Waals surface area contributed by atoms with Gasteiger partial charge in [-0.3, -0.25) is 4.79 Å². The van der Waals surface area contributed by atoms with Crippen LogP contribution in [-0.4, -0.2) is 17.9 Å². The molecule has 2 rings (SSSR count). The molecule has 1 aliphatic rings. The van der Waals surface area contributed by atoms with Crippen LogP contribution in [0.5, 0.6) is 0 Å². The monoisotopic (exact) mass is 245 g/mol. The zero-order chi connectivity index (χ0) is 13.3. The highest BCUT2D eigenvalue weighted by Gasteiger charge is 2.27. The van der Waals surface area contributed by atoms with Gasteiger partial charge < -0.3 is 5.32 Å². The van der Waals surface area contributed by atoms with E-state index in [2.05, 4.69) is 51.2 Å². The molecule has 0 saturated heterocycles. The Morgan fingerprint density at radius 3 is 2.56 bits per heavy atom. The van der Waals surface area contributed by atoms with E-state index in [9.17, 15) is 4.79 Å². The minimum absolute atomic E-state index is 0.0000813. The van der Waals surface area contributed by atoms with Crippen LogP contribution in [0.4, 0.5) is 0 Å². The van der Waals surface area contributed by atoms with E-state index in [0.29, 0.717) is 12.0 Å². The van der Waals surface area contributed by atoms with Crippen molar-refractivity contribution in [2.75, 3.05) is 0 Å². The normalized spacial score (nSPS) is 19.4. The van der Waals surface area contributed by atoms with Gasteiger partial charge in [-0.1, -0.05) is 39.8 Å². The quantitative estimate of drug-likeness (QED) is 0.885. The van der Waals surface area contributed by atoms with Crippen LogP contribution in [0.3, 0.4) is 0 Å². The van der Waals surface area contributed by atoms with Gasteiger partial charge >= 0.3 is 0 Å². The van der Waals surface area contributed by atoms with Crippen LogP contribution in [0, 0.1) is 0 Å². The van der Waals surface area contributed by atoms with E-state index in [1.807, 2.05) is 0 Å². The molecule has 18 heavy (non-hydrogen) atoms. The van der Waals surface area contributed by atoms with Gasteiger partial charge in [0.25, 0.3) is 0 Å². The molecule has 0 fully saturated rings. The smallest absolute Gasteiger partial charge is 0.180 e. The highest BCUT2D eigenvalue weighted by molar-refractivity contribution is 6.02. The molecule has 1 aliphatic carbocycles. The zero-order valence-electron chi connectivity index (χ0n) is 11.8. The van der Waals surface area contributed by atoms with Gasteiger partial charge in [0.05, 0.1) is 6.04 Å². The molecular weight excluding hydrogens is 222 g/mol. The number of hydrogen-bond acceptors (Lipinski definition) is 2. The summed E-state index contributed by atoms with van der Waals surface area (Å²) >= 11 is 0. The van der Waals surface area contributed by atoms with Crippen LogP contribution >= 0.6 is 0 Å². The SMILES string of the molecule is CC(C)NC1CCc2ccc(C(C)C)cc2C1=O. The van der Waals surface area contributed by atoms with Crippen molar-refractivity contribution in [1.29, 1.82) is 0 Å². The second-order valence-electron chi connectivity index (χ2n) is 5.85. The Balaban J connectivity index is 2.29. The number of benzene rings is 1.